The van der Waals surface area contributed by atoms with Crippen molar-refractivity contribution in [2.45, 2.75) is 0 Å². The van der Waals surface area contributed by atoms with Crippen molar-refractivity contribution in [3.05, 3.63) is 30.3 Å². The molecule has 0 saturated carbocycles. The maximum atomic E-state index is 5.67. The maximum Gasteiger partial charge on any atom is 0.0490 e. The van der Waals surface area contributed by atoms with E-state index in [0.717, 1.165) is 18.8 Å². The van der Waals surface area contributed by atoms with Crippen molar-refractivity contribution in [3.63, 3.8) is 0 Å². The summed E-state index contributed by atoms with van der Waals surface area (Å²) in [4.78, 5) is 0. The molecular formula is C10H15Cl3N2. The van der Waals surface area contributed by atoms with Gasteiger partial charge in [-0.25, -0.2) is 5.01 Å². The van der Waals surface area contributed by atoms with Crippen molar-refractivity contribution < 1.29 is 0 Å². The van der Waals surface area contributed by atoms with Crippen LogP contribution in [-0.2, 0) is 0 Å². The standard InChI is InChI=1S/C10H14Cl2N2.ClH/c11-6-8-14(9-7-12)13-10-4-2-1-3-5-10;/h1-5,13H,6-9H2;1H. The quantitative estimate of drug-likeness (QED) is 0.630. The van der Waals surface area contributed by atoms with Gasteiger partial charge in [-0.15, -0.1) is 35.6 Å². The Morgan fingerprint density at radius 1 is 1.00 bits per heavy atom. The van der Waals surface area contributed by atoms with Gasteiger partial charge in [0.2, 0.25) is 0 Å². The highest BCUT2D eigenvalue weighted by atomic mass is 35.5. The number of hydrazine groups is 1. The topological polar surface area (TPSA) is 15.3 Å². The Balaban J connectivity index is 0.00000196. The number of alkyl halides is 2. The van der Waals surface area contributed by atoms with Gasteiger partial charge in [0.15, 0.2) is 0 Å². The molecule has 0 saturated heterocycles. The van der Waals surface area contributed by atoms with E-state index in [4.69, 9.17) is 23.2 Å². The number of hydrogen-bond acceptors (Lipinski definition) is 2. The second-order valence-corrected chi connectivity index (χ2v) is 3.60. The van der Waals surface area contributed by atoms with Crippen LogP contribution in [0.5, 0.6) is 0 Å². The van der Waals surface area contributed by atoms with Crippen LogP contribution in [0.15, 0.2) is 30.3 Å². The Labute approximate surface area is 107 Å². The number of rotatable bonds is 6. The molecule has 0 aliphatic heterocycles. The first-order valence-electron chi connectivity index (χ1n) is 4.55. The Hall–Kier alpha value is -0.150. The summed E-state index contributed by atoms with van der Waals surface area (Å²) in [5.41, 5.74) is 4.30. The predicted octanol–water partition coefficient (Wildman–Crippen LogP) is 3.21. The molecule has 2 nitrogen and oxygen atoms in total. The first-order valence-corrected chi connectivity index (χ1v) is 5.62. The Morgan fingerprint density at radius 3 is 2.00 bits per heavy atom. The van der Waals surface area contributed by atoms with Crippen molar-refractivity contribution in [1.82, 2.24) is 5.01 Å². The zero-order valence-electron chi connectivity index (χ0n) is 8.33. The molecule has 0 spiro atoms. The lowest BCUT2D eigenvalue weighted by atomic mass is 10.3. The van der Waals surface area contributed by atoms with E-state index < -0.39 is 0 Å². The lowest BCUT2D eigenvalue weighted by Gasteiger charge is -2.22. The molecule has 0 amide bonds. The summed E-state index contributed by atoms with van der Waals surface area (Å²) in [6, 6.07) is 9.98. The second-order valence-electron chi connectivity index (χ2n) is 2.84. The van der Waals surface area contributed by atoms with Gasteiger partial charge in [0.25, 0.3) is 0 Å². The lowest BCUT2D eigenvalue weighted by molar-refractivity contribution is 0.371. The number of hydrogen-bond donors (Lipinski definition) is 1. The third-order valence-corrected chi connectivity index (χ3v) is 2.11. The molecule has 1 aromatic carbocycles. The minimum absolute atomic E-state index is 0. The average Bonchev–Trinajstić information content (AvgIpc) is 2.20. The number of nitrogens with zero attached hydrogens (tertiary/aromatic N) is 1. The maximum absolute atomic E-state index is 5.67. The summed E-state index contributed by atoms with van der Waals surface area (Å²) in [5.74, 6) is 1.19. The molecule has 0 heterocycles. The second kappa shape index (κ2) is 9.10. The van der Waals surface area contributed by atoms with Crippen molar-refractivity contribution in [3.8, 4) is 0 Å². The van der Waals surface area contributed by atoms with E-state index in [1.54, 1.807) is 0 Å². The van der Waals surface area contributed by atoms with Gasteiger partial charge in [-0.1, -0.05) is 18.2 Å². The van der Waals surface area contributed by atoms with Crippen molar-refractivity contribution in [1.29, 1.82) is 0 Å². The molecule has 0 aliphatic carbocycles. The normalized spacial score (nSPS) is 9.80. The highest BCUT2D eigenvalue weighted by Gasteiger charge is 2.01. The highest BCUT2D eigenvalue weighted by Crippen LogP contribution is 2.06. The van der Waals surface area contributed by atoms with E-state index in [2.05, 4.69) is 5.43 Å². The smallest absolute Gasteiger partial charge is 0.0490 e. The van der Waals surface area contributed by atoms with Gasteiger partial charge in [-0.05, 0) is 12.1 Å². The van der Waals surface area contributed by atoms with Crippen molar-refractivity contribution in [2.24, 2.45) is 0 Å². The van der Waals surface area contributed by atoms with Crippen LogP contribution in [0.4, 0.5) is 5.69 Å². The van der Waals surface area contributed by atoms with Crippen LogP contribution in [0, 0.1) is 0 Å². The zero-order chi connectivity index (χ0) is 10.2. The fourth-order valence-electron chi connectivity index (χ4n) is 1.12. The van der Waals surface area contributed by atoms with Gasteiger partial charge in [-0.2, -0.15) is 0 Å². The van der Waals surface area contributed by atoms with Crippen LogP contribution < -0.4 is 5.43 Å². The van der Waals surface area contributed by atoms with Crippen LogP contribution in [-0.4, -0.2) is 29.9 Å². The molecule has 86 valence electrons. The molecule has 1 aromatic rings. The fourth-order valence-corrected chi connectivity index (χ4v) is 1.53. The van der Waals surface area contributed by atoms with E-state index in [9.17, 15) is 0 Å². The van der Waals surface area contributed by atoms with Crippen LogP contribution >= 0.6 is 35.6 Å². The molecule has 1 N–H and O–H groups in total. The minimum atomic E-state index is 0. The van der Waals surface area contributed by atoms with E-state index in [0.29, 0.717) is 11.8 Å². The molecular weight excluding hydrogens is 254 g/mol. The number of benzene rings is 1. The number of para-hydroxylation sites is 1. The van der Waals surface area contributed by atoms with Crippen LogP contribution in [0.2, 0.25) is 0 Å². The molecule has 1 rings (SSSR count). The number of nitrogens with one attached hydrogen (secondary N) is 1. The molecule has 0 atom stereocenters. The fraction of sp³-hybridized carbons (Fsp3) is 0.400. The molecule has 15 heavy (non-hydrogen) atoms. The number of halogens is 3. The van der Waals surface area contributed by atoms with E-state index in [1.807, 2.05) is 35.3 Å². The Bertz CT molecular complexity index is 238. The predicted molar refractivity (Wildman–Crippen MR) is 70.3 cm³/mol. The van der Waals surface area contributed by atoms with Gasteiger partial charge >= 0.3 is 0 Å². The Morgan fingerprint density at radius 2 is 1.53 bits per heavy atom. The largest absolute Gasteiger partial charge is 0.319 e. The molecule has 0 radical (unpaired) electrons. The molecule has 0 unspecified atom stereocenters. The first kappa shape index (κ1) is 14.8. The van der Waals surface area contributed by atoms with Crippen molar-refractivity contribution >= 4 is 41.3 Å². The lowest BCUT2D eigenvalue weighted by Crippen LogP contribution is -2.33. The zero-order valence-corrected chi connectivity index (χ0v) is 10.7. The number of anilines is 1. The van der Waals surface area contributed by atoms with Gasteiger partial charge < -0.3 is 5.43 Å². The summed E-state index contributed by atoms with van der Waals surface area (Å²) >= 11 is 11.3. The SMILES string of the molecule is Cl.ClCCN(CCCl)Nc1ccccc1. The summed E-state index contributed by atoms with van der Waals surface area (Å²) in [6.45, 7) is 1.56. The molecule has 0 fully saturated rings. The van der Waals surface area contributed by atoms with E-state index in [-0.39, 0.29) is 12.4 Å². The highest BCUT2D eigenvalue weighted by molar-refractivity contribution is 6.18. The van der Waals surface area contributed by atoms with E-state index >= 15 is 0 Å². The summed E-state index contributed by atoms with van der Waals surface area (Å²) in [7, 11) is 0. The van der Waals surface area contributed by atoms with Crippen LogP contribution in [0.3, 0.4) is 0 Å². The van der Waals surface area contributed by atoms with Gasteiger partial charge in [0.1, 0.15) is 0 Å². The molecule has 0 aliphatic rings. The third kappa shape index (κ3) is 6.10. The molecule has 0 aromatic heterocycles. The molecule has 5 heteroatoms. The summed E-state index contributed by atoms with van der Waals surface area (Å²) in [6.07, 6.45) is 0. The van der Waals surface area contributed by atoms with Crippen LogP contribution in [0.25, 0.3) is 0 Å². The van der Waals surface area contributed by atoms with Gasteiger partial charge in [0, 0.05) is 30.5 Å². The Kier molecular flexibility index (Phi) is 9.01. The molecule has 0 bridgehead atoms. The monoisotopic (exact) mass is 268 g/mol. The summed E-state index contributed by atoms with van der Waals surface area (Å²) < 4.78 is 0. The van der Waals surface area contributed by atoms with Gasteiger partial charge in [0.05, 0.1) is 0 Å². The van der Waals surface area contributed by atoms with Crippen LogP contribution in [0.1, 0.15) is 0 Å². The minimum Gasteiger partial charge on any atom is -0.319 e. The third-order valence-electron chi connectivity index (χ3n) is 1.77. The van der Waals surface area contributed by atoms with E-state index in [1.165, 1.54) is 0 Å². The van der Waals surface area contributed by atoms with Crippen molar-refractivity contribution in [2.75, 3.05) is 30.3 Å². The average molecular weight is 270 g/mol. The van der Waals surface area contributed by atoms with Gasteiger partial charge in [-0.3, -0.25) is 0 Å². The first-order chi connectivity index (χ1) is 6.86. The summed E-state index contributed by atoms with van der Waals surface area (Å²) in [5, 5.41) is 2.01.